The lowest BCUT2D eigenvalue weighted by atomic mass is 10.1. The van der Waals surface area contributed by atoms with Crippen molar-refractivity contribution in [1.29, 1.82) is 0 Å². The van der Waals surface area contributed by atoms with Crippen LogP contribution in [-0.4, -0.2) is 54.3 Å². The molecule has 0 spiro atoms. The van der Waals surface area contributed by atoms with Gasteiger partial charge in [-0.15, -0.1) is 12.4 Å². The number of unbranched alkanes of at least 4 members (excludes halogenated alkanes) is 3. The highest BCUT2D eigenvalue weighted by molar-refractivity contribution is 6.30. The molecule has 0 aliphatic carbocycles. The first-order valence-corrected chi connectivity index (χ1v) is 9.52. The second kappa shape index (κ2) is 12.2. The van der Waals surface area contributed by atoms with Crippen LogP contribution in [0.15, 0.2) is 24.3 Å². The van der Waals surface area contributed by atoms with Crippen molar-refractivity contribution < 1.29 is 9.59 Å². The zero-order chi connectivity index (χ0) is 18.1. The summed E-state index contributed by atoms with van der Waals surface area (Å²) in [5, 5.41) is 0.562. The second-order valence-corrected chi connectivity index (χ2v) is 6.93. The number of nitrogens with zero attached hydrogens (tertiary/aromatic N) is 2. The molecule has 1 aliphatic rings. The number of amides is 2. The van der Waals surface area contributed by atoms with Crippen molar-refractivity contribution in [3.63, 3.8) is 0 Å². The van der Waals surface area contributed by atoms with Crippen molar-refractivity contribution >= 4 is 35.8 Å². The lowest BCUT2D eigenvalue weighted by molar-refractivity contribution is -0.131. The fraction of sp³-hybridized carbons (Fsp3) is 0.579. The molecule has 0 aromatic heterocycles. The van der Waals surface area contributed by atoms with Gasteiger partial charge < -0.3 is 15.5 Å². The molecule has 1 fully saturated rings. The standard InChI is InChI=1S/C19H28ClN3O2.ClH/c20-17-8-5-7-16(15-17)19(25)23-12-6-11-22(13-14-23)18(24)9-3-1-2-4-10-21;/h5,7-8,15H,1-4,6,9-14,21H2;1H. The monoisotopic (exact) mass is 401 g/mol. The van der Waals surface area contributed by atoms with E-state index in [0.717, 1.165) is 45.2 Å². The van der Waals surface area contributed by atoms with Gasteiger partial charge in [0.15, 0.2) is 0 Å². The number of rotatable bonds is 7. The highest BCUT2D eigenvalue weighted by atomic mass is 35.5. The smallest absolute Gasteiger partial charge is 0.253 e. The molecule has 5 nitrogen and oxygen atoms in total. The van der Waals surface area contributed by atoms with Crippen molar-refractivity contribution in [3.8, 4) is 0 Å². The van der Waals surface area contributed by atoms with Crippen LogP contribution in [-0.2, 0) is 4.79 Å². The molecule has 1 aromatic rings. The molecule has 7 heteroatoms. The third kappa shape index (κ3) is 7.14. The molecule has 1 aliphatic heterocycles. The van der Waals surface area contributed by atoms with Gasteiger partial charge in [0.2, 0.25) is 5.91 Å². The lowest BCUT2D eigenvalue weighted by Crippen LogP contribution is -2.37. The maximum atomic E-state index is 12.6. The SMILES string of the molecule is Cl.NCCCCCCC(=O)N1CCCN(C(=O)c2cccc(Cl)c2)CC1. The van der Waals surface area contributed by atoms with Gasteiger partial charge in [-0.1, -0.05) is 30.5 Å². The average molecular weight is 402 g/mol. The van der Waals surface area contributed by atoms with E-state index < -0.39 is 0 Å². The molecular weight excluding hydrogens is 373 g/mol. The van der Waals surface area contributed by atoms with E-state index >= 15 is 0 Å². The normalized spacial score (nSPS) is 14.5. The first-order valence-electron chi connectivity index (χ1n) is 9.14. The molecule has 0 saturated carbocycles. The highest BCUT2D eigenvalue weighted by Crippen LogP contribution is 2.15. The molecule has 1 saturated heterocycles. The highest BCUT2D eigenvalue weighted by Gasteiger charge is 2.22. The average Bonchev–Trinajstić information content (AvgIpc) is 2.87. The Morgan fingerprint density at radius 1 is 1.00 bits per heavy atom. The fourth-order valence-corrected chi connectivity index (χ4v) is 3.30. The molecule has 26 heavy (non-hydrogen) atoms. The number of halogens is 2. The van der Waals surface area contributed by atoms with Crippen LogP contribution >= 0.6 is 24.0 Å². The summed E-state index contributed by atoms with van der Waals surface area (Å²) in [7, 11) is 0. The van der Waals surface area contributed by atoms with Crippen LogP contribution in [0.5, 0.6) is 0 Å². The Morgan fingerprint density at radius 2 is 1.69 bits per heavy atom. The molecule has 2 N–H and O–H groups in total. The predicted molar refractivity (Wildman–Crippen MR) is 108 cm³/mol. The summed E-state index contributed by atoms with van der Waals surface area (Å²) in [5.74, 6) is 0.184. The Kier molecular flexibility index (Phi) is 10.6. The number of carbonyl (C=O) groups excluding carboxylic acids is 2. The number of nitrogens with two attached hydrogens (primary N) is 1. The summed E-state index contributed by atoms with van der Waals surface area (Å²) in [5.41, 5.74) is 6.08. The Morgan fingerprint density at radius 3 is 2.42 bits per heavy atom. The van der Waals surface area contributed by atoms with Crippen molar-refractivity contribution in [2.24, 2.45) is 5.73 Å². The van der Waals surface area contributed by atoms with Crippen LogP contribution in [0.4, 0.5) is 0 Å². The minimum absolute atomic E-state index is 0. The topological polar surface area (TPSA) is 66.6 Å². The van der Waals surface area contributed by atoms with E-state index in [2.05, 4.69) is 0 Å². The fourth-order valence-electron chi connectivity index (χ4n) is 3.11. The maximum Gasteiger partial charge on any atom is 0.253 e. The van der Waals surface area contributed by atoms with Gasteiger partial charge in [0, 0.05) is 43.2 Å². The third-order valence-electron chi connectivity index (χ3n) is 4.55. The lowest BCUT2D eigenvalue weighted by Gasteiger charge is -2.22. The molecule has 2 rings (SSSR count). The minimum atomic E-state index is -0.0152. The van der Waals surface area contributed by atoms with E-state index in [-0.39, 0.29) is 24.2 Å². The second-order valence-electron chi connectivity index (χ2n) is 6.49. The summed E-state index contributed by atoms with van der Waals surface area (Å²) < 4.78 is 0. The molecule has 0 unspecified atom stereocenters. The van der Waals surface area contributed by atoms with Gasteiger partial charge in [0.1, 0.15) is 0 Å². The molecule has 1 aromatic carbocycles. The van der Waals surface area contributed by atoms with Gasteiger partial charge in [-0.3, -0.25) is 9.59 Å². The van der Waals surface area contributed by atoms with Crippen LogP contribution < -0.4 is 5.73 Å². The minimum Gasteiger partial charge on any atom is -0.341 e. The Balaban J connectivity index is 0.00000338. The predicted octanol–water partition coefficient (Wildman–Crippen LogP) is 3.35. The van der Waals surface area contributed by atoms with Crippen molar-refractivity contribution in [2.45, 2.75) is 38.5 Å². The number of carbonyl (C=O) groups is 2. The summed E-state index contributed by atoms with van der Waals surface area (Å²) in [6.07, 6.45) is 5.48. The van der Waals surface area contributed by atoms with E-state index in [9.17, 15) is 9.59 Å². The van der Waals surface area contributed by atoms with Crippen molar-refractivity contribution in [2.75, 3.05) is 32.7 Å². The van der Waals surface area contributed by atoms with Crippen LogP contribution in [0.3, 0.4) is 0 Å². The Labute approximate surface area is 167 Å². The van der Waals surface area contributed by atoms with Crippen LogP contribution in [0.1, 0.15) is 48.9 Å². The van der Waals surface area contributed by atoms with Crippen LogP contribution in [0.2, 0.25) is 5.02 Å². The van der Waals surface area contributed by atoms with E-state index in [1.165, 1.54) is 0 Å². The first-order chi connectivity index (χ1) is 12.1. The maximum absolute atomic E-state index is 12.6. The molecule has 0 atom stereocenters. The van der Waals surface area contributed by atoms with Gasteiger partial charge in [0.25, 0.3) is 5.91 Å². The van der Waals surface area contributed by atoms with Gasteiger partial charge in [-0.25, -0.2) is 0 Å². The number of benzene rings is 1. The molecular formula is C19H29Cl2N3O2. The first kappa shape index (κ1) is 22.7. The summed E-state index contributed by atoms with van der Waals surface area (Å²) in [6, 6.07) is 7.02. The molecule has 0 bridgehead atoms. The number of hydrogen-bond acceptors (Lipinski definition) is 3. The quantitative estimate of drug-likeness (QED) is 0.712. The van der Waals surface area contributed by atoms with Gasteiger partial charge >= 0.3 is 0 Å². The van der Waals surface area contributed by atoms with Crippen LogP contribution in [0.25, 0.3) is 0 Å². The Bertz CT molecular complexity index is 584. The Hall–Kier alpha value is -1.30. The third-order valence-corrected chi connectivity index (χ3v) is 4.79. The molecule has 1 heterocycles. The zero-order valence-corrected chi connectivity index (χ0v) is 16.7. The van der Waals surface area contributed by atoms with Crippen molar-refractivity contribution in [3.05, 3.63) is 34.9 Å². The van der Waals surface area contributed by atoms with Gasteiger partial charge in [-0.05, 0) is 44.0 Å². The van der Waals surface area contributed by atoms with Gasteiger partial charge in [0.05, 0.1) is 0 Å². The molecule has 0 radical (unpaired) electrons. The summed E-state index contributed by atoms with van der Waals surface area (Å²) in [6.45, 7) is 3.29. The van der Waals surface area contributed by atoms with E-state index in [4.69, 9.17) is 17.3 Å². The molecule has 146 valence electrons. The summed E-state index contributed by atoms with van der Waals surface area (Å²) in [4.78, 5) is 28.7. The largest absolute Gasteiger partial charge is 0.341 e. The molecule has 2 amide bonds. The van der Waals surface area contributed by atoms with Crippen LogP contribution in [0, 0.1) is 0 Å². The number of hydrogen-bond donors (Lipinski definition) is 1. The van der Waals surface area contributed by atoms with E-state index in [1.807, 2.05) is 9.80 Å². The zero-order valence-electron chi connectivity index (χ0n) is 15.2. The van der Waals surface area contributed by atoms with E-state index in [1.54, 1.807) is 24.3 Å². The van der Waals surface area contributed by atoms with Gasteiger partial charge in [-0.2, -0.15) is 0 Å². The summed E-state index contributed by atoms with van der Waals surface area (Å²) >= 11 is 5.97. The van der Waals surface area contributed by atoms with Crippen molar-refractivity contribution in [1.82, 2.24) is 9.80 Å². The van der Waals surface area contributed by atoms with E-state index in [0.29, 0.717) is 36.6 Å².